The number of benzene rings is 2. The fourth-order valence-electron chi connectivity index (χ4n) is 5.52. The Bertz CT molecular complexity index is 2080. The van der Waals surface area contributed by atoms with E-state index in [9.17, 15) is 9.59 Å². The maximum atomic E-state index is 11.3. The molecule has 0 aliphatic heterocycles. The van der Waals surface area contributed by atoms with Crippen molar-refractivity contribution in [1.29, 1.82) is 0 Å². The topological polar surface area (TPSA) is 94.5 Å². The molecule has 0 aliphatic rings. The van der Waals surface area contributed by atoms with Crippen LogP contribution in [0.5, 0.6) is 11.5 Å². The third-order valence-electron chi connectivity index (χ3n) is 8.26. The Kier molecular flexibility index (Phi) is 9.91. The molecule has 2 aromatic carbocycles. The SMILES string of the molecule is C[Si](C)(C)c1ccc(N(c2ccc([Si](C)(C)C)cc2)c2ccc(-c3ccnc(-c4cc(OC=O)cc(-c5cc(OC=O)ccn5)n4)c3)s2)cc1. The number of rotatable bonds is 12. The Morgan fingerprint density at radius 2 is 1.08 bits per heavy atom. The van der Waals surface area contributed by atoms with Crippen molar-refractivity contribution >= 4 is 67.2 Å². The summed E-state index contributed by atoms with van der Waals surface area (Å²) in [5.74, 6) is 0.599. The van der Waals surface area contributed by atoms with Crippen molar-refractivity contribution in [2.45, 2.75) is 39.3 Å². The van der Waals surface area contributed by atoms with E-state index in [2.05, 4.69) is 115 Å². The van der Waals surface area contributed by atoms with Gasteiger partial charge in [0.05, 0.1) is 38.9 Å². The lowest BCUT2D eigenvalue weighted by Crippen LogP contribution is -2.37. The van der Waals surface area contributed by atoms with Gasteiger partial charge in [-0.2, -0.15) is 0 Å². The summed E-state index contributed by atoms with van der Waals surface area (Å²) in [6.45, 7) is 14.9. The third-order valence-corrected chi connectivity index (χ3v) is 13.5. The fourth-order valence-corrected chi connectivity index (χ4v) is 8.90. The van der Waals surface area contributed by atoms with Gasteiger partial charge in [-0.15, -0.1) is 11.3 Å². The first-order valence-corrected chi connectivity index (χ1v) is 24.0. The largest absolute Gasteiger partial charge is 0.429 e. The normalized spacial score (nSPS) is 11.6. The fraction of sp³-hybridized carbons (Fsp3) is 0.154. The monoisotopic (exact) mass is 714 g/mol. The Morgan fingerprint density at radius 1 is 0.580 bits per heavy atom. The molecule has 50 heavy (non-hydrogen) atoms. The number of hydrogen-bond donors (Lipinski definition) is 0. The quantitative estimate of drug-likeness (QED) is 0.0920. The second kappa shape index (κ2) is 14.3. The summed E-state index contributed by atoms with van der Waals surface area (Å²) in [5.41, 5.74) is 5.14. The van der Waals surface area contributed by atoms with Gasteiger partial charge < -0.3 is 14.4 Å². The van der Waals surface area contributed by atoms with E-state index in [-0.39, 0.29) is 5.75 Å². The minimum Gasteiger partial charge on any atom is -0.429 e. The van der Waals surface area contributed by atoms with Crippen LogP contribution in [0.3, 0.4) is 0 Å². The molecular weight excluding hydrogens is 677 g/mol. The lowest BCUT2D eigenvalue weighted by atomic mass is 10.1. The van der Waals surface area contributed by atoms with Gasteiger partial charge in [-0.3, -0.25) is 19.6 Å². The molecule has 252 valence electrons. The molecule has 0 saturated carbocycles. The predicted octanol–water partition coefficient (Wildman–Crippen LogP) is 8.56. The highest BCUT2D eigenvalue weighted by molar-refractivity contribution is 7.19. The van der Waals surface area contributed by atoms with Crippen molar-refractivity contribution < 1.29 is 19.1 Å². The van der Waals surface area contributed by atoms with Gasteiger partial charge in [0.25, 0.3) is 12.9 Å². The zero-order valence-corrected chi connectivity index (χ0v) is 31.7. The highest BCUT2D eigenvalue weighted by Gasteiger charge is 2.21. The van der Waals surface area contributed by atoms with Crippen LogP contribution >= 0.6 is 11.3 Å². The highest BCUT2D eigenvalue weighted by atomic mass is 32.1. The van der Waals surface area contributed by atoms with Crippen LogP contribution < -0.4 is 24.7 Å². The number of thiophene rings is 1. The number of carbonyl (C=O) groups is 2. The summed E-state index contributed by atoms with van der Waals surface area (Å²) >= 11 is 1.70. The molecule has 8 nitrogen and oxygen atoms in total. The van der Waals surface area contributed by atoms with Crippen LogP contribution in [0, 0.1) is 0 Å². The van der Waals surface area contributed by atoms with E-state index >= 15 is 0 Å². The van der Waals surface area contributed by atoms with E-state index in [0.29, 0.717) is 41.5 Å². The van der Waals surface area contributed by atoms with Crippen LogP contribution in [0.1, 0.15) is 0 Å². The first-order valence-electron chi connectivity index (χ1n) is 16.2. The summed E-state index contributed by atoms with van der Waals surface area (Å²) in [4.78, 5) is 39.4. The third kappa shape index (κ3) is 7.80. The molecule has 6 aromatic rings. The minimum absolute atomic E-state index is 0.282. The van der Waals surface area contributed by atoms with Crippen molar-refractivity contribution in [1.82, 2.24) is 15.0 Å². The van der Waals surface area contributed by atoms with Gasteiger partial charge >= 0.3 is 0 Å². The van der Waals surface area contributed by atoms with Crippen LogP contribution in [0.25, 0.3) is 33.2 Å². The summed E-state index contributed by atoms with van der Waals surface area (Å²) in [6, 6.07) is 32.7. The van der Waals surface area contributed by atoms with E-state index in [0.717, 1.165) is 26.8 Å². The number of carbonyl (C=O) groups excluding carboxylic acids is 2. The van der Waals surface area contributed by atoms with Crippen LogP contribution in [0.2, 0.25) is 39.3 Å². The number of aromatic nitrogens is 3. The first kappa shape index (κ1) is 34.6. The van der Waals surface area contributed by atoms with E-state index in [1.807, 2.05) is 12.1 Å². The molecule has 4 heterocycles. The molecule has 0 amide bonds. The molecule has 6 rings (SSSR count). The van der Waals surface area contributed by atoms with E-state index in [4.69, 9.17) is 14.5 Å². The first-order chi connectivity index (χ1) is 23.9. The average Bonchev–Trinajstić information content (AvgIpc) is 3.58. The van der Waals surface area contributed by atoms with E-state index in [1.54, 1.807) is 41.8 Å². The van der Waals surface area contributed by atoms with Gasteiger partial charge in [0.15, 0.2) is 0 Å². The molecule has 0 N–H and O–H groups in total. The zero-order valence-electron chi connectivity index (χ0n) is 28.9. The van der Waals surface area contributed by atoms with E-state index in [1.165, 1.54) is 16.6 Å². The maximum absolute atomic E-state index is 11.3. The second-order valence-corrected chi connectivity index (χ2v) is 25.1. The molecular formula is C39H38N4O4SSi2. The maximum Gasteiger partial charge on any atom is 0.298 e. The second-order valence-electron chi connectivity index (χ2n) is 13.9. The molecule has 0 radical (unpaired) electrons. The number of ether oxygens (including phenoxy) is 2. The number of nitrogens with zero attached hydrogens (tertiary/aromatic N) is 4. The molecule has 0 unspecified atom stereocenters. The lowest BCUT2D eigenvalue weighted by Gasteiger charge is -2.26. The smallest absolute Gasteiger partial charge is 0.298 e. The Balaban J connectivity index is 1.38. The average molecular weight is 715 g/mol. The van der Waals surface area contributed by atoms with Gasteiger partial charge in [-0.1, -0.05) is 73.9 Å². The Morgan fingerprint density at radius 3 is 1.62 bits per heavy atom. The van der Waals surface area contributed by atoms with Crippen LogP contribution in [-0.2, 0) is 9.59 Å². The molecule has 0 saturated heterocycles. The Labute approximate surface area is 298 Å². The van der Waals surface area contributed by atoms with Gasteiger partial charge in [-0.05, 0) is 60.2 Å². The lowest BCUT2D eigenvalue weighted by molar-refractivity contribution is -0.121. The predicted molar refractivity (Wildman–Crippen MR) is 208 cm³/mol. The summed E-state index contributed by atoms with van der Waals surface area (Å²) in [7, 11) is -2.92. The number of hydrogen-bond acceptors (Lipinski definition) is 9. The van der Waals surface area contributed by atoms with Gasteiger partial charge in [0.2, 0.25) is 0 Å². The number of anilines is 3. The minimum atomic E-state index is -1.46. The number of pyridine rings is 3. The summed E-state index contributed by atoms with van der Waals surface area (Å²) < 4.78 is 10.2. The molecule has 0 atom stereocenters. The molecule has 0 bridgehead atoms. The Hall–Kier alpha value is -5.24. The van der Waals surface area contributed by atoms with Gasteiger partial charge in [-0.25, -0.2) is 4.98 Å². The van der Waals surface area contributed by atoms with Gasteiger partial charge in [0.1, 0.15) is 16.5 Å². The van der Waals surface area contributed by atoms with Gasteiger partial charge in [0, 0.05) is 46.8 Å². The zero-order chi connectivity index (χ0) is 35.5. The standard InChI is InChI=1S/C39H38N4O4SSi2/c1-49(2,3)32-11-7-28(8-12-32)43(29-9-13-33(14-10-29)50(4,5)6)39-16-15-38(48-39)27-17-19-40-34(21-27)36-23-31(47-26-45)24-37(42-36)35-22-30(46-25-44)18-20-41-35/h7-26H,1-6H3. The van der Waals surface area contributed by atoms with Crippen LogP contribution in [-0.4, -0.2) is 44.0 Å². The van der Waals surface area contributed by atoms with Crippen molar-refractivity contribution in [3.05, 3.63) is 109 Å². The van der Waals surface area contributed by atoms with Crippen molar-refractivity contribution in [3.63, 3.8) is 0 Å². The van der Waals surface area contributed by atoms with Crippen molar-refractivity contribution in [2.24, 2.45) is 0 Å². The van der Waals surface area contributed by atoms with Crippen LogP contribution in [0.4, 0.5) is 16.4 Å². The molecule has 11 heteroatoms. The van der Waals surface area contributed by atoms with Crippen LogP contribution in [0.15, 0.2) is 109 Å². The van der Waals surface area contributed by atoms with Crippen molar-refractivity contribution in [3.8, 4) is 44.7 Å². The highest BCUT2D eigenvalue weighted by Crippen LogP contribution is 2.42. The van der Waals surface area contributed by atoms with E-state index < -0.39 is 16.1 Å². The summed E-state index contributed by atoms with van der Waals surface area (Å²) in [6.07, 6.45) is 3.26. The molecule has 0 aliphatic carbocycles. The molecule has 4 aromatic heterocycles. The summed E-state index contributed by atoms with van der Waals surface area (Å²) in [5, 5.41) is 3.93. The van der Waals surface area contributed by atoms with Crippen molar-refractivity contribution in [2.75, 3.05) is 4.90 Å². The molecule has 0 fully saturated rings. The molecule has 0 spiro atoms.